The van der Waals surface area contributed by atoms with Gasteiger partial charge in [0.15, 0.2) is 0 Å². The summed E-state index contributed by atoms with van der Waals surface area (Å²) in [6.45, 7) is 2.17. The SMILES string of the molecule is CCCc1c(NC)ncnc1-c1ccsc1. The average molecular weight is 233 g/mol. The van der Waals surface area contributed by atoms with Gasteiger partial charge in [0.2, 0.25) is 0 Å². The monoisotopic (exact) mass is 233 g/mol. The minimum absolute atomic E-state index is 0.943. The molecule has 0 radical (unpaired) electrons. The van der Waals surface area contributed by atoms with Crippen LogP contribution in [0.3, 0.4) is 0 Å². The predicted molar refractivity (Wildman–Crippen MR) is 68.9 cm³/mol. The molecule has 0 aliphatic heterocycles. The fourth-order valence-corrected chi connectivity index (χ4v) is 2.40. The average Bonchev–Trinajstić information content (AvgIpc) is 2.83. The Kier molecular flexibility index (Phi) is 3.51. The predicted octanol–water partition coefficient (Wildman–Crippen LogP) is 3.20. The number of nitrogens with zero attached hydrogens (tertiary/aromatic N) is 2. The van der Waals surface area contributed by atoms with E-state index in [2.05, 4.69) is 39.0 Å². The van der Waals surface area contributed by atoms with Gasteiger partial charge in [-0.3, -0.25) is 0 Å². The molecular formula is C12H15N3S. The standard InChI is InChI=1S/C12H15N3S/c1-3-4-10-11(9-5-6-16-7-9)14-8-15-12(10)13-2/h5-8H,3-4H2,1-2H3,(H,13,14,15). The van der Waals surface area contributed by atoms with Gasteiger partial charge in [-0.2, -0.15) is 11.3 Å². The molecule has 0 aliphatic rings. The molecule has 2 rings (SSSR count). The molecule has 0 saturated heterocycles. The molecule has 2 heterocycles. The number of nitrogens with one attached hydrogen (secondary N) is 1. The lowest BCUT2D eigenvalue weighted by molar-refractivity contribution is 0.906. The molecule has 0 amide bonds. The summed E-state index contributed by atoms with van der Waals surface area (Å²) >= 11 is 1.69. The van der Waals surface area contributed by atoms with E-state index >= 15 is 0 Å². The highest BCUT2D eigenvalue weighted by atomic mass is 32.1. The second-order valence-electron chi connectivity index (χ2n) is 3.56. The first-order chi connectivity index (χ1) is 7.86. The van der Waals surface area contributed by atoms with Gasteiger partial charge >= 0.3 is 0 Å². The molecule has 2 aromatic rings. The summed E-state index contributed by atoms with van der Waals surface area (Å²) in [6, 6.07) is 2.10. The van der Waals surface area contributed by atoms with Gasteiger partial charge in [-0.05, 0) is 17.9 Å². The zero-order valence-electron chi connectivity index (χ0n) is 9.53. The topological polar surface area (TPSA) is 37.8 Å². The van der Waals surface area contributed by atoms with Crippen molar-refractivity contribution in [1.82, 2.24) is 9.97 Å². The van der Waals surface area contributed by atoms with E-state index in [4.69, 9.17) is 0 Å². The lowest BCUT2D eigenvalue weighted by atomic mass is 10.1. The molecule has 0 spiro atoms. The van der Waals surface area contributed by atoms with E-state index in [1.54, 1.807) is 17.7 Å². The van der Waals surface area contributed by atoms with Crippen LogP contribution in [0.15, 0.2) is 23.2 Å². The Morgan fingerprint density at radius 2 is 2.25 bits per heavy atom. The number of hydrogen-bond acceptors (Lipinski definition) is 4. The molecular weight excluding hydrogens is 218 g/mol. The molecule has 0 saturated carbocycles. The van der Waals surface area contributed by atoms with Crippen molar-refractivity contribution >= 4 is 17.2 Å². The summed E-state index contributed by atoms with van der Waals surface area (Å²) < 4.78 is 0. The van der Waals surface area contributed by atoms with Crippen molar-refractivity contribution in [2.45, 2.75) is 19.8 Å². The van der Waals surface area contributed by atoms with Crippen LogP contribution in [0, 0.1) is 0 Å². The molecule has 0 aliphatic carbocycles. The molecule has 0 bridgehead atoms. The number of rotatable bonds is 4. The van der Waals surface area contributed by atoms with Gasteiger partial charge in [0.25, 0.3) is 0 Å². The Balaban J connectivity index is 2.51. The summed E-state index contributed by atoms with van der Waals surface area (Å²) in [4.78, 5) is 8.67. The second-order valence-corrected chi connectivity index (χ2v) is 4.34. The van der Waals surface area contributed by atoms with Crippen LogP contribution in [0.4, 0.5) is 5.82 Å². The smallest absolute Gasteiger partial charge is 0.132 e. The number of thiophene rings is 1. The molecule has 0 fully saturated rings. The largest absolute Gasteiger partial charge is 0.373 e. The Bertz CT molecular complexity index is 451. The molecule has 0 atom stereocenters. The van der Waals surface area contributed by atoms with Crippen LogP contribution >= 0.6 is 11.3 Å². The Labute approximate surface area is 99.6 Å². The lowest BCUT2D eigenvalue weighted by Gasteiger charge is -2.10. The van der Waals surface area contributed by atoms with Crippen LogP contribution in [-0.2, 0) is 6.42 Å². The third kappa shape index (κ3) is 2.07. The minimum Gasteiger partial charge on any atom is -0.373 e. The first kappa shape index (κ1) is 11.1. The Hall–Kier alpha value is -1.42. The van der Waals surface area contributed by atoms with Crippen LogP contribution in [0.25, 0.3) is 11.3 Å². The quantitative estimate of drug-likeness (QED) is 0.881. The molecule has 2 aromatic heterocycles. The van der Waals surface area contributed by atoms with Gasteiger partial charge in [-0.25, -0.2) is 9.97 Å². The van der Waals surface area contributed by atoms with Crippen molar-refractivity contribution in [3.05, 3.63) is 28.7 Å². The van der Waals surface area contributed by atoms with Crippen LogP contribution in [0.5, 0.6) is 0 Å². The summed E-state index contributed by atoms with van der Waals surface area (Å²) in [5.74, 6) is 0.943. The van der Waals surface area contributed by atoms with E-state index < -0.39 is 0 Å². The summed E-state index contributed by atoms with van der Waals surface area (Å²) in [7, 11) is 1.90. The molecule has 3 nitrogen and oxygen atoms in total. The van der Waals surface area contributed by atoms with Crippen molar-refractivity contribution < 1.29 is 0 Å². The van der Waals surface area contributed by atoms with E-state index in [0.717, 1.165) is 24.4 Å². The highest BCUT2D eigenvalue weighted by Gasteiger charge is 2.11. The van der Waals surface area contributed by atoms with Gasteiger partial charge < -0.3 is 5.32 Å². The van der Waals surface area contributed by atoms with Crippen LogP contribution in [0.2, 0.25) is 0 Å². The van der Waals surface area contributed by atoms with E-state index in [0.29, 0.717) is 0 Å². The van der Waals surface area contributed by atoms with E-state index in [1.807, 2.05) is 7.05 Å². The minimum atomic E-state index is 0.943. The van der Waals surface area contributed by atoms with Crippen LogP contribution in [-0.4, -0.2) is 17.0 Å². The van der Waals surface area contributed by atoms with E-state index in [1.165, 1.54) is 11.1 Å². The molecule has 0 aromatic carbocycles. The first-order valence-corrected chi connectivity index (χ1v) is 6.35. The normalized spacial score (nSPS) is 10.4. The summed E-state index contributed by atoms with van der Waals surface area (Å²) in [5, 5.41) is 7.34. The Morgan fingerprint density at radius 3 is 2.88 bits per heavy atom. The van der Waals surface area contributed by atoms with Gasteiger partial charge in [-0.15, -0.1) is 0 Å². The number of aromatic nitrogens is 2. The van der Waals surface area contributed by atoms with E-state index in [-0.39, 0.29) is 0 Å². The van der Waals surface area contributed by atoms with Gasteiger partial charge in [0, 0.05) is 23.6 Å². The molecule has 0 unspecified atom stereocenters. The van der Waals surface area contributed by atoms with Crippen molar-refractivity contribution in [2.75, 3.05) is 12.4 Å². The zero-order chi connectivity index (χ0) is 11.4. The lowest BCUT2D eigenvalue weighted by Crippen LogP contribution is -2.02. The Morgan fingerprint density at radius 1 is 1.38 bits per heavy atom. The number of anilines is 1. The highest BCUT2D eigenvalue weighted by Crippen LogP contribution is 2.28. The zero-order valence-corrected chi connectivity index (χ0v) is 10.3. The third-order valence-electron chi connectivity index (χ3n) is 2.48. The van der Waals surface area contributed by atoms with Gasteiger partial charge in [-0.1, -0.05) is 13.3 Å². The van der Waals surface area contributed by atoms with Gasteiger partial charge in [0.1, 0.15) is 12.1 Å². The maximum atomic E-state index is 4.40. The molecule has 4 heteroatoms. The van der Waals surface area contributed by atoms with Crippen LogP contribution < -0.4 is 5.32 Å². The molecule has 16 heavy (non-hydrogen) atoms. The van der Waals surface area contributed by atoms with Crippen molar-refractivity contribution in [2.24, 2.45) is 0 Å². The van der Waals surface area contributed by atoms with Crippen molar-refractivity contribution in [1.29, 1.82) is 0 Å². The maximum Gasteiger partial charge on any atom is 0.132 e. The summed E-state index contributed by atoms with van der Waals surface area (Å²) in [6.07, 6.45) is 3.72. The number of hydrogen-bond donors (Lipinski definition) is 1. The fraction of sp³-hybridized carbons (Fsp3) is 0.333. The van der Waals surface area contributed by atoms with Crippen LogP contribution in [0.1, 0.15) is 18.9 Å². The molecule has 1 N–H and O–H groups in total. The van der Waals surface area contributed by atoms with Gasteiger partial charge in [0.05, 0.1) is 5.69 Å². The second kappa shape index (κ2) is 5.07. The fourth-order valence-electron chi connectivity index (χ4n) is 1.76. The highest BCUT2D eigenvalue weighted by molar-refractivity contribution is 7.08. The summed E-state index contributed by atoms with van der Waals surface area (Å²) in [5.41, 5.74) is 3.46. The van der Waals surface area contributed by atoms with E-state index in [9.17, 15) is 0 Å². The maximum absolute atomic E-state index is 4.40. The third-order valence-corrected chi connectivity index (χ3v) is 3.16. The van der Waals surface area contributed by atoms with Crippen molar-refractivity contribution in [3.8, 4) is 11.3 Å². The van der Waals surface area contributed by atoms with Crippen molar-refractivity contribution in [3.63, 3.8) is 0 Å². The molecule has 84 valence electrons. The first-order valence-electron chi connectivity index (χ1n) is 5.41.